The van der Waals surface area contributed by atoms with Gasteiger partial charge in [-0.25, -0.2) is 5.06 Å². The van der Waals surface area contributed by atoms with Gasteiger partial charge in [0.2, 0.25) is 0 Å². The minimum atomic E-state index is -0.464. The number of hydroxylamine groups is 2. The van der Waals surface area contributed by atoms with Crippen molar-refractivity contribution < 1.29 is 19.1 Å². The molecular weight excluding hydrogens is 394 g/mol. The number of amides is 1. The Bertz CT molecular complexity index is 1120. The van der Waals surface area contributed by atoms with Crippen molar-refractivity contribution in [3.8, 4) is 11.5 Å². The molecule has 0 aliphatic heterocycles. The third-order valence-corrected chi connectivity index (χ3v) is 5.82. The number of methoxy groups -OCH3 is 2. The molecular formula is C24H25N3O4. The molecule has 1 atom stereocenters. The molecule has 1 amide bonds. The van der Waals surface area contributed by atoms with Crippen LogP contribution >= 0.6 is 0 Å². The summed E-state index contributed by atoms with van der Waals surface area (Å²) in [6, 6.07) is 16.2. The molecule has 0 radical (unpaired) electrons. The Labute approximate surface area is 181 Å². The second-order valence-electron chi connectivity index (χ2n) is 7.37. The molecule has 7 nitrogen and oxygen atoms in total. The number of ether oxygens (including phenoxy) is 2. The van der Waals surface area contributed by atoms with Gasteiger partial charge in [-0.3, -0.25) is 14.7 Å². The second kappa shape index (κ2) is 8.28. The molecule has 0 fully saturated rings. The highest BCUT2D eigenvalue weighted by Gasteiger charge is 2.38. The molecule has 4 rings (SSSR count). The highest BCUT2D eigenvalue weighted by Crippen LogP contribution is 2.44. The van der Waals surface area contributed by atoms with E-state index in [0.29, 0.717) is 23.6 Å². The molecule has 3 aromatic rings. The van der Waals surface area contributed by atoms with Gasteiger partial charge in [0.15, 0.2) is 17.2 Å². The largest absolute Gasteiger partial charge is 0.493 e. The van der Waals surface area contributed by atoms with Crippen molar-refractivity contribution in [2.45, 2.75) is 11.8 Å². The Morgan fingerprint density at radius 1 is 1.03 bits per heavy atom. The smallest absolute Gasteiger partial charge is 0.298 e. The molecule has 0 spiro atoms. The molecule has 2 aromatic carbocycles. The average molecular weight is 419 g/mol. The fourth-order valence-corrected chi connectivity index (χ4v) is 4.07. The Morgan fingerprint density at radius 3 is 2.45 bits per heavy atom. The van der Waals surface area contributed by atoms with Crippen LogP contribution in [0.3, 0.4) is 0 Å². The van der Waals surface area contributed by atoms with Crippen LogP contribution in [0.25, 0.3) is 6.08 Å². The van der Waals surface area contributed by atoms with E-state index < -0.39 is 5.41 Å². The van der Waals surface area contributed by atoms with Gasteiger partial charge in [-0.15, -0.1) is 0 Å². The van der Waals surface area contributed by atoms with Gasteiger partial charge >= 0.3 is 0 Å². The monoisotopic (exact) mass is 419 g/mol. The number of aromatic nitrogens is 2. The molecule has 1 aliphatic rings. The Balaban J connectivity index is 1.85. The Kier molecular flexibility index (Phi) is 5.52. The van der Waals surface area contributed by atoms with Crippen molar-refractivity contribution in [3.63, 3.8) is 0 Å². The van der Waals surface area contributed by atoms with Crippen LogP contribution in [0.4, 0.5) is 0 Å². The zero-order valence-corrected chi connectivity index (χ0v) is 18.0. The van der Waals surface area contributed by atoms with Crippen LogP contribution in [0, 0.1) is 0 Å². The normalized spacial score (nSPS) is 17.2. The van der Waals surface area contributed by atoms with Crippen molar-refractivity contribution in [2.75, 3.05) is 28.4 Å². The van der Waals surface area contributed by atoms with E-state index in [1.54, 1.807) is 21.3 Å². The summed E-state index contributed by atoms with van der Waals surface area (Å²) >= 11 is 0. The number of rotatable bonds is 6. The first-order chi connectivity index (χ1) is 15.0. The van der Waals surface area contributed by atoms with Gasteiger partial charge in [0, 0.05) is 30.1 Å². The summed E-state index contributed by atoms with van der Waals surface area (Å²) in [5, 5.41) is 8.52. The van der Waals surface area contributed by atoms with E-state index in [0.717, 1.165) is 27.4 Å². The molecule has 0 bridgehead atoms. The predicted octanol–water partition coefficient (Wildman–Crippen LogP) is 3.62. The van der Waals surface area contributed by atoms with Crippen molar-refractivity contribution in [3.05, 3.63) is 82.7 Å². The number of nitrogens with zero attached hydrogens (tertiary/aromatic N) is 2. The molecule has 160 valence electrons. The first-order valence-electron chi connectivity index (χ1n) is 9.90. The summed E-state index contributed by atoms with van der Waals surface area (Å²) in [4.78, 5) is 17.7. The first kappa shape index (κ1) is 20.7. The summed E-state index contributed by atoms with van der Waals surface area (Å²) in [6.07, 6.45) is 4.70. The van der Waals surface area contributed by atoms with Crippen molar-refractivity contribution in [1.29, 1.82) is 0 Å². The summed E-state index contributed by atoms with van der Waals surface area (Å²) in [5.74, 6) is 1.03. The lowest BCUT2D eigenvalue weighted by atomic mass is 9.68. The number of carbonyl (C=O) groups excluding carboxylic acids is 1. The summed E-state index contributed by atoms with van der Waals surface area (Å²) in [6.45, 7) is 0. The number of hydrogen-bond acceptors (Lipinski definition) is 5. The third kappa shape index (κ3) is 3.47. The lowest BCUT2D eigenvalue weighted by molar-refractivity contribution is -0.0760. The maximum absolute atomic E-state index is 12.6. The number of carbonyl (C=O) groups is 1. The van der Waals surface area contributed by atoms with Crippen LogP contribution in [0.5, 0.6) is 11.5 Å². The molecule has 7 heteroatoms. The molecule has 1 aromatic heterocycles. The van der Waals surface area contributed by atoms with Crippen LogP contribution in [0.2, 0.25) is 0 Å². The fraction of sp³-hybridized carbons (Fsp3) is 0.250. The zero-order valence-electron chi connectivity index (χ0n) is 18.0. The number of fused-ring (bicyclic) bond motifs is 1. The van der Waals surface area contributed by atoms with Crippen LogP contribution in [-0.2, 0) is 16.7 Å². The number of benzene rings is 2. The van der Waals surface area contributed by atoms with Gasteiger partial charge < -0.3 is 9.47 Å². The quantitative estimate of drug-likeness (QED) is 0.618. The van der Waals surface area contributed by atoms with Crippen molar-refractivity contribution in [2.24, 2.45) is 0 Å². The minimum absolute atomic E-state index is 0.303. The van der Waals surface area contributed by atoms with Gasteiger partial charge in [-0.2, -0.15) is 5.10 Å². The van der Waals surface area contributed by atoms with Crippen LogP contribution in [0.1, 0.15) is 32.9 Å². The highest BCUT2D eigenvalue weighted by molar-refractivity contribution is 5.96. The van der Waals surface area contributed by atoms with Gasteiger partial charge in [0.25, 0.3) is 5.91 Å². The van der Waals surface area contributed by atoms with E-state index >= 15 is 0 Å². The topological polar surface area (TPSA) is 76.7 Å². The summed E-state index contributed by atoms with van der Waals surface area (Å²) < 4.78 is 11.0. The van der Waals surface area contributed by atoms with E-state index in [4.69, 9.17) is 14.3 Å². The van der Waals surface area contributed by atoms with Crippen molar-refractivity contribution >= 4 is 12.0 Å². The molecule has 1 N–H and O–H groups in total. The first-order valence-corrected chi connectivity index (χ1v) is 9.90. The summed E-state index contributed by atoms with van der Waals surface area (Å²) in [7, 11) is 6.26. The minimum Gasteiger partial charge on any atom is -0.493 e. The Hall–Kier alpha value is -3.58. The van der Waals surface area contributed by atoms with Gasteiger partial charge in [0.05, 0.1) is 21.3 Å². The maximum atomic E-state index is 12.6. The third-order valence-electron chi connectivity index (χ3n) is 5.82. The highest BCUT2D eigenvalue weighted by atomic mass is 16.7. The molecule has 0 saturated heterocycles. The number of H-pyrrole nitrogens is 1. The predicted molar refractivity (Wildman–Crippen MR) is 117 cm³/mol. The Morgan fingerprint density at radius 2 is 1.77 bits per heavy atom. The maximum Gasteiger partial charge on any atom is 0.298 e. The van der Waals surface area contributed by atoms with E-state index in [1.807, 2.05) is 42.5 Å². The molecule has 1 aliphatic carbocycles. The van der Waals surface area contributed by atoms with Crippen LogP contribution in [-0.4, -0.2) is 49.5 Å². The molecule has 0 saturated carbocycles. The number of hydrogen-bond donors (Lipinski definition) is 1. The lowest BCUT2D eigenvalue weighted by Gasteiger charge is -2.35. The van der Waals surface area contributed by atoms with Gasteiger partial charge in [0.1, 0.15) is 0 Å². The standard InChI is InChI=1S/C24H25N3O4/c1-27(31-4)23(28)22-18-12-13-24(15-19(18)25-26-22,16-8-6-5-7-9-16)17-10-11-20(29-2)21(14-17)30-3/h5-14H,15H2,1-4H3,(H,25,26). The fourth-order valence-electron chi connectivity index (χ4n) is 4.07. The summed E-state index contributed by atoms with van der Waals surface area (Å²) in [5.41, 5.74) is 3.71. The van der Waals surface area contributed by atoms with Crippen molar-refractivity contribution in [1.82, 2.24) is 15.3 Å². The molecule has 1 unspecified atom stereocenters. The molecule has 1 heterocycles. The van der Waals surface area contributed by atoms with Crippen LogP contribution in [0.15, 0.2) is 54.6 Å². The zero-order chi connectivity index (χ0) is 22.0. The molecule has 31 heavy (non-hydrogen) atoms. The van der Waals surface area contributed by atoms with E-state index in [2.05, 4.69) is 28.4 Å². The SMILES string of the molecule is COc1ccc(C2(c3ccccc3)C=Cc3c(C(=O)N(C)OC)n[nH]c3C2)cc1OC. The number of nitrogens with one attached hydrogen (secondary N) is 1. The average Bonchev–Trinajstić information content (AvgIpc) is 3.25. The number of allylic oxidation sites excluding steroid dienone is 1. The van der Waals surface area contributed by atoms with Gasteiger partial charge in [-0.05, 0) is 23.3 Å². The van der Waals surface area contributed by atoms with E-state index in [9.17, 15) is 4.79 Å². The lowest BCUT2D eigenvalue weighted by Crippen LogP contribution is -2.31. The van der Waals surface area contributed by atoms with E-state index in [1.165, 1.54) is 7.11 Å². The second-order valence-corrected chi connectivity index (χ2v) is 7.37. The number of aromatic amines is 1. The van der Waals surface area contributed by atoms with Gasteiger partial charge in [-0.1, -0.05) is 48.6 Å². The van der Waals surface area contributed by atoms with Crippen LogP contribution < -0.4 is 9.47 Å². The van der Waals surface area contributed by atoms with E-state index in [-0.39, 0.29) is 5.91 Å².